The van der Waals surface area contributed by atoms with E-state index in [1.807, 2.05) is 6.92 Å². The number of anilines is 2. The molecule has 1 atom stereocenters. The van der Waals surface area contributed by atoms with Crippen LogP contribution in [-0.4, -0.2) is 32.8 Å². The van der Waals surface area contributed by atoms with Crippen LogP contribution < -0.4 is 14.9 Å². The highest BCUT2D eigenvalue weighted by molar-refractivity contribution is 7.89. The first-order valence-electron chi connectivity index (χ1n) is 9.26. The minimum absolute atomic E-state index is 0.0313. The van der Waals surface area contributed by atoms with E-state index in [-0.39, 0.29) is 35.5 Å². The van der Waals surface area contributed by atoms with Crippen molar-refractivity contribution >= 4 is 33.2 Å². The summed E-state index contributed by atoms with van der Waals surface area (Å²) in [5, 5.41) is 2.26. The van der Waals surface area contributed by atoms with Crippen LogP contribution in [-0.2, 0) is 26.0 Å². The molecular formula is C20H21F2N3O4S. The summed E-state index contributed by atoms with van der Waals surface area (Å²) in [6, 6.07) is 7.19. The molecule has 0 fully saturated rings. The van der Waals surface area contributed by atoms with Gasteiger partial charge in [-0.1, -0.05) is 0 Å². The summed E-state index contributed by atoms with van der Waals surface area (Å²) in [6.45, 7) is 3.14. The van der Waals surface area contributed by atoms with Crippen LogP contribution in [0.3, 0.4) is 0 Å². The Morgan fingerprint density at radius 3 is 2.57 bits per heavy atom. The molecule has 1 heterocycles. The number of nitrogens with one attached hydrogen (secondary N) is 2. The van der Waals surface area contributed by atoms with Crippen molar-refractivity contribution in [2.45, 2.75) is 37.6 Å². The van der Waals surface area contributed by atoms with Crippen LogP contribution in [0.5, 0.6) is 0 Å². The fraction of sp³-hybridized carbons (Fsp3) is 0.300. The Hall–Kier alpha value is -2.85. The Morgan fingerprint density at radius 2 is 1.90 bits per heavy atom. The summed E-state index contributed by atoms with van der Waals surface area (Å²) in [4.78, 5) is 25.4. The molecule has 2 amide bonds. The van der Waals surface area contributed by atoms with Crippen molar-refractivity contribution in [2.24, 2.45) is 0 Å². The number of carbonyl (C=O) groups excluding carboxylic acids is 2. The number of hydrogen-bond donors (Lipinski definition) is 2. The van der Waals surface area contributed by atoms with Gasteiger partial charge in [0, 0.05) is 37.7 Å². The Morgan fingerprint density at radius 1 is 1.17 bits per heavy atom. The Balaban J connectivity index is 1.61. The van der Waals surface area contributed by atoms with Gasteiger partial charge < -0.3 is 10.2 Å². The predicted molar refractivity (Wildman–Crippen MR) is 108 cm³/mol. The van der Waals surface area contributed by atoms with Gasteiger partial charge in [0.05, 0.1) is 10.6 Å². The van der Waals surface area contributed by atoms with Gasteiger partial charge in [-0.05, 0) is 49.2 Å². The molecule has 2 aromatic rings. The number of halogens is 2. The van der Waals surface area contributed by atoms with E-state index in [4.69, 9.17) is 0 Å². The Labute approximate surface area is 173 Å². The third kappa shape index (κ3) is 4.65. The number of benzene rings is 2. The number of sulfonamides is 1. The molecular weight excluding hydrogens is 416 g/mol. The molecule has 0 spiro atoms. The fourth-order valence-electron chi connectivity index (χ4n) is 3.44. The average molecular weight is 437 g/mol. The molecule has 0 unspecified atom stereocenters. The van der Waals surface area contributed by atoms with Crippen molar-refractivity contribution in [3.63, 3.8) is 0 Å². The lowest BCUT2D eigenvalue weighted by atomic mass is 10.1. The van der Waals surface area contributed by atoms with Crippen molar-refractivity contribution in [3.05, 3.63) is 53.6 Å². The van der Waals surface area contributed by atoms with Crippen molar-refractivity contribution in [1.82, 2.24) is 4.72 Å². The number of hydrogen-bond acceptors (Lipinski definition) is 4. The van der Waals surface area contributed by atoms with Crippen LogP contribution in [0.4, 0.5) is 20.2 Å². The minimum atomic E-state index is -3.88. The lowest BCUT2D eigenvalue weighted by molar-refractivity contribution is -0.117. The van der Waals surface area contributed by atoms with Crippen LogP contribution in [0, 0.1) is 11.6 Å². The molecule has 0 aromatic heterocycles. The summed E-state index contributed by atoms with van der Waals surface area (Å²) < 4.78 is 53.9. The zero-order valence-electron chi connectivity index (χ0n) is 16.4. The summed E-state index contributed by atoms with van der Waals surface area (Å²) in [5.41, 5.74) is 1.26. The molecule has 1 aliphatic heterocycles. The van der Waals surface area contributed by atoms with E-state index in [2.05, 4.69) is 10.0 Å². The second-order valence-corrected chi connectivity index (χ2v) is 8.82. The second-order valence-electron chi connectivity index (χ2n) is 7.05. The predicted octanol–water partition coefficient (Wildman–Crippen LogP) is 2.57. The highest BCUT2D eigenvalue weighted by atomic mass is 32.2. The molecule has 3 rings (SSSR count). The molecule has 7 nitrogen and oxygen atoms in total. The standard InChI is InChI=1S/C20H21F2N3O4S/c1-12-9-14-10-16(4-6-19(14)25(12)13(2)26)30(28,29)23-8-7-20(27)24-18-5-3-15(21)11-17(18)22/h3-6,10-12,23H,7-9H2,1-2H3,(H,24,27)/t12-/m0/s1. The van der Waals surface area contributed by atoms with Crippen LogP contribution in [0.2, 0.25) is 0 Å². The zero-order chi connectivity index (χ0) is 22.1. The van der Waals surface area contributed by atoms with E-state index in [1.54, 1.807) is 11.0 Å². The number of rotatable bonds is 6. The summed E-state index contributed by atoms with van der Waals surface area (Å²) >= 11 is 0. The molecule has 0 bridgehead atoms. The van der Waals surface area contributed by atoms with Gasteiger partial charge in [0.2, 0.25) is 21.8 Å². The lowest BCUT2D eigenvalue weighted by Gasteiger charge is -2.20. The third-order valence-corrected chi connectivity index (χ3v) is 6.22. The van der Waals surface area contributed by atoms with Gasteiger partial charge in [0.25, 0.3) is 0 Å². The van der Waals surface area contributed by atoms with E-state index in [9.17, 15) is 26.8 Å². The zero-order valence-corrected chi connectivity index (χ0v) is 17.2. The van der Waals surface area contributed by atoms with Gasteiger partial charge >= 0.3 is 0 Å². The molecule has 160 valence electrons. The first-order chi connectivity index (χ1) is 14.1. The van der Waals surface area contributed by atoms with Crippen LogP contribution >= 0.6 is 0 Å². The van der Waals surface area contributed by atoms with E-state index in [0.717, 1.165) is 17.7 Å². The number of fused-ring (bicyclic) bond motifs is 1. The van der Waals surface area contributed by atoms with E-state index < -0.39 is 27.6 Å². The Bertz CT molecular complexity index is 1110. The quantitative estimate of drug-likeness (QED) is 0.726. The largest absolute Gasteiger partial charge is 0.324 e. The number of nitrogens with zero attached hydrogens (tertiary/aromatic N) is 1. The van der Waals surface area contributed by atoms with Crippen molar-refractivity contribution in [2.75, 3.05) is 16.8 Å². The molecule has 2 aromatic carbocycles. The highest BCUT2D eigenvalue weighted by Crippen LogP contribution is 2.33. The molecule has 0 saturated carbocycles. The van der Waals surface area contributed by atoms with Gasteiger partial charge in [-0.3, -0.25) is 9.59 Å². The molecule has 1 aliphatic rings. The highest BCUT2D eigenvalue weighted by Gasteiger charge is 2.30. The van der Waals surface area contributed by atoms with Gasteiger partial charge in [-0.2, -0.15) is 0 Å². The first-order valence-corrected chi connectivity index (χ1v) is 10.7. The van der Waals surface area contributed by atoms with Crippen molar-refractivity contribution in [3.8, 4) is 0 Å². The maximum atomic E-state index is 13.6. The maximum Gasteiger partial charge on any atom is 0.240 e. The van der Waals surface area contributed by atoms with E-state index in [0.29, 0.717) is 18.2 Å². The topological polar surface area (TPSA) is 95.6 Å². The summed E-state index contributed by atoms with van der Waals surface area (Å²) in [5.74, 6) is -2.43. The van der Waals surface area contributed by atoms with Crippen LogP contribution in [0.1, 0.15) is 25.8 Å². The summed E-state index contributed by atoms with van der Waals surface area (Å²) in [7, 11) is -3.88. The lowest BCUT2D eigenvalue weighted by Crippen LogP contribution is -2.33. The third-order valence-electron chi connectivity index (χ3n) is 4.77. The normalized spacial score (nSPS) is 15.7. The van der Waals surface area contributed by atoms with Gasteiger partial charge in [0.15, 0.2) is 0 Å². The second kappa shape index (κ2) is 8.49. The fourth-order valence-corrected chi connectivity index (χ4v) is 4.52. The van der Waals surface area contributed by atoms with Gasteiger partial charge in [-0.15, -0.1) is 0 Å². The molecule has 0 aliphatic carbocycles. The number of amides is 2. The SMILES string of the molecule is CC(=O)N1c2ccc(S(=O)(=O)NCCC(=O)Nc3ccc(F)cc3F)cc2C[C@@H]1C. The average Bonchev–Trinajstić information content (AvgIpc) is 2.99. The first kappa shape index (κ1) is 21.8. The summed E-state index contributed by atoms with van der Waals surface area (Å²) in [6.07, 6.45) is 0.306. The molecule has 0 saturated heterocycles. The van der Waals surface area contributed by atoms with Crippen molar-refractivity contribution < 1.29 is 26.8 Å². The van der Waals surface area contributed by atoms with E-state index in [1.165, 1.54) is 19.1 Å². The Kier molecular flexibility index (Phi) is 6.18. The molecule has 30 heavy (non-hydrogen) atoms. The van der Waals surface area contributed by atoms with E-state index >= 15 is 0 Å². The molecule has 10 heteroatoms. The monoisotopic (exact) mass is 437 g/mol. The molecule has 2 N–H and O–H groups in total. The van der Waals surface area contributed by atoms with Crippen LogP contribution in [0.15, 0.2) is 41.3 Å². The van der Waals surface area contributed by atoms with Gasteiger partial charge in [-0.25, -0.2) is 21.9 Å². The minimum Gasteiger partial charge on any atom is -0.324 e. The van der Waals surface area contributed by atoms with Crippen molar-refractivity contribution in [1.29, 1.82) is 0 Å². The van der Waals surface area contributed by atoms with Gasteiger partial charge in [0.1, 0.15) is 11.6 Å². The number of carbonyl (C=O) groups is 2. The smallest absolute Gasteiger partial charge is 0.240 e. The van der Waals surface area contributed by atoms with Crippen LogP contribution in [0.25, 0.3) is 0 Å². The molecule has 0 radical (unpaired) electrons. The maximum absolute atomic E-state index is 13.6.